The van der Waals surface area contributed by atoms with Crippen LogP contribution in [0, 0.1) is 23.2 Å². The maximum atomic E-state index is 10.1. The normalized spacial score (nSPS) is 35.2. The summed E-state index contributed by atoms with van der Waals surface area (Å²) in [7, 11) is 0. The van der Waals surface area contributed by atoms with Crippen molar-refractivity contribution in [2.45, 2.75) is 65.4 Å². The lowest BCUT2D eigenvalue weighted by Gasteiger charge is -2.38. The summed E-state index contributed by atoms with van der Waals surface area (Å²) in [5.41, 5.74) is 0.468. The van der Waals surface area contributed by atoms with Crippen molar-refractivity contribution in [2.75, 3.05) is 0 Å². The van der Waals surface area contributed by atoms with Crippen LogP contribution in [-0.2, 0) is 0 Å². The van der Waals surface area contributed by atoms with Gasteiger partial charge in [-0.25, -0.2) is 0 Å². The van der Waals surface area contributed by atoms with E-state index in [2.05, 4.69) is 20.8 Å². The molecule has 1 atom stereocenters. The fourth-order valence-corrected chi connectivity index (χ4v) is 3.15. The molecule has 0 aromatic heterocycles. The van der Waals surface area contributed by atoms with E-state index in [0.29, 0.717) is 17.3 Å². The van der Waals surface area contributed by atoms with Crippen molar-refractivity contribution in [3.63, 3.8) is 0 Å². The quantitative estimate of drug-likeness (QED) is 0.738. The standard InChI is InChI=1S/C14H26O/c1-14(2,3)12-8-6-11(7-9-12)13(15)10-4-5-10/h10-13,15H,4-9H2,1-3H3. The Balaban J connectivity index is 1.81. The number of aliphatic hydroxyl groups is 1. The van der Waals surface area contributed by atoms with Gasteiger partial charge in [0.25, 0.3) is 0 Å². The zero-order valence-corrected chi connectivity index (χ0v) is 10.5. The smallest absolute Gasteiger partial charge is 0.0596 e. The molecule has 2 aliphatic rings. The van der Waals surface area contributed by atoms with Crippen molar-refractivity contribution >= 4 is 0 Å². The molecule has 2 fully saturated rings. The summed E-state index contributed by atoms with van der Waals surface area (Å²) in [4.78, 5) is 0. The fraction of sp³-hybridized carbons (Fsp3) is 1.00. The Bertz CT molecular complexity index is 204. The van der Waals surface area contributed by atoms with Crippen LogP contribution in [0.1, 0.15) is 59.3 Å². The van der Waals surface area contributed by atoms with Gasteiger partial charge in [-0.2, -0.15) is 0 Å². The van der Waals surface area contributed by atoms with Crippen molar-refractivity contribution in [1.29, 1.82) is 0 Å². The van der Waals surface area contributed by atoms with Gasteiger partial charge in [0.05, 0.1) is 6.10 Å². The SMILES string of the molecule is CC(C)(C)C1CCC(C(O)C2CC2)CC1. The second-order valence-corrected chi connectivity index (χ2v) is 6.81. The highest BCUT2D eigenvalue weighted by Crippen LogP contribution is 2.44. The van der Waals surface area contributed by atoms with Crippen LogP contribution >= 0.6 is 0 Å². The fourth-order valence-electron chi connectivity index (χ4n) is 3.15. The van der Waals surface area contributed by atoms with Crippen molar-refractivity contribution in [3.05, 3.63) is 0 Å². The summed E-state index contributed by atoms with van der Waals surface area (Å²) in [5.74, 6) is 2.16. The molecule has 0 saturated heterocycles. The first-order valence-electron chi connectivity index (χ1n) is 6.66. The molecule has 0 aliphatic heterocycles. The Morgan fingerprint density at radius 1 is 0.867 bits per heavy atom. The number of rotatable bonds is 2. The van der Waals surface area contributed by atoms with Crippen molar-refractivity contribution in [3.8, 4) is 0 Å². The summed E-state index contributed by atoms with van der Waals surface area (Å²) in [5, 5.41) is 10.1. The lowest BCUT2D eigenvalue weighted by molar-refractivity contribution is 0.0397. The topological polar surface area (TPSA) is 20.2 Å². The van der Waals surface area contributed by atoms with Crippen molar-refractivity contribution in [1.82, 2.24) is 0 Å². The minimum absolute atomic E-state index is 0.0333. The van der Waals surface area contributed by atoms with E-state index in [9.17, 15) is 5.11 Å². The first-order valence-corrected chi connectivity index (χ1v) is 6.66. The molecule has 88 valence electrons. The minimum Gasteiger partial charge on any atom is -0.393 e. The van der Waals surface area contributed by atoms with Gasteiger partial charge in [0.15, 0.2) is 0 Å². The predicted octanol–water partition coefficient (Wildman–Crippen LogP) is 3.61. The molecule has 0 bridgehead atoms. The van der Waals surface area contributed by atoms with Crippen LogP contribution in [0.5, 0.6) is 0 Å². The molecule has 15 heavy (non-hydrogen) atoms. The molecule has 0 aromatic rings. The van der Waals surface area contributed by atoms with E-state index < -0.39 is 0 Å². The Kier molecular flexibility index (Phi) is 3.12. The van der Waals surface area contributed by atoms with Crippen LogP contribution in [0.3, 0.4) is 0 Å². The van der Waals surface area contributed by atoms with Crippen molar-refractivity contribution in [2.24, 2.45) is 23.2 Å². The zero-order valence-electron chi connectivity index (χ0n) is 10.5. The van der Waals surface area contributed by atoms with Gasteiger partial charge >= 0.3 is 0 Å². The summed E-state index contributed by atoms with van der Waals surface area (Å²) >= 11 is 0. The summed E-state index contributed by atoms with van der Waals surface area (Å²) < 4.78 is 0. The molecule has 0 amide bonds. The summed E-state index contributed by atoms with van der Waals surface area (Å²) in [6, 6.07) is 0. The molecule has 2 saturated carbocycles. The third-order valence-corrected chi connectivity index (χ3v) is 4.58. The van der Waals surface area contributed by atoms with Gasteiger partial charge in [-0.3, -0.25) is 0 Å². The molecule has 1 heteroatoms. The Morgan fingerprint density at radius 2 is 1.27 bits per heavy atom. The molecular weight excluding hydrogens is 184 g/mol. The first-order chi connectivity index (χ1) is 6.98. The van der Waals surface area contributed by atoms with Crippen molar-refractivity contribution < 1.29 is 5.11 Å². The Morgan fingerprint density at radius 3 is 1.60 bits per heavy atom. The van der Waals surface area contributed by atoms with Crippen LogP contribution in [0.15, 0.2) is 0 Å². The van der Waals surface area contributed by atoms with Crippen LogP contribution in [0.25, 0.3) is 0 Å². The Labute approximate surface area is 94.3 Å². The maximum Gasteiger partial charge on any atom is 0.0596 e. The van der Waals surface area contributed by atoms with Gasteiger partial charge in [-0.05, 0) is 61.7 Å². The molecule has 0 spiro atoms. The lowest BCUT2D eigenvalue weighted by Crippen LogP contribution is -2.31. The van der Waals surface area contributed by atoms with E-state index in [1.807, 2.05) is 0 Å². The van der Waals surface area contributed by atoms with E-state index in [-0.39, 0.29) is 6.10 Å². The second-order valence-electron chi connectivity index (χ2n) is 6.81. The van der Waals surface area contributed by atoms with Crippen LogP contribution < -0.4 is 0 Å². The molecule has 0 heterocycles. The van der Waals surface area contributed by atoms with Crippen LogP contribution in [0.2, 0.25) is 0 Å². The van der Waals surface area contributed by atoms with E-state index in [1.165, 1.54) is 38.5 Å². The van der Waals surface area contributed by atoms with Crippen LogP contribution in [-0.4, -0.2) is 11.2 Å². The second kappa shape index (κ2) is 4.08. The van der Waals surface area contributed by atoms with E-state index in [1.54, 1.807) is 0 Å². The highest BCUT2D eigenvalue weighted by molar-refractivity contribution is 4.89. The minimum atomic E-state index is 0.0333. The van der Waals surface area contributed by atoms with Gasteiger partial charge in [0.1, 0.15) is 0 Å². The first kappa shape index (κ1) is 11.4. The van der Waals surface area contributed by atoms with Crippen LogP contribution in [0.4, 0.5) is 0 Å². The molecule has 1 nitrogen and oxygen atoms in total. The lowest BCUT2D eigenvalue weighted by atomic mass is 9.68. The highest BCUT2D eigenvalue weighted by atomic mass is 16.3. The van der Waals surface area contributed by atoms with Gasteiger partial charge in [0, 0.05) is 0 Å². The molecule has 0 aromatic carbocycles. The predicted molar refractivity (Wildman–Crippen MR) is 63.6 cm³/mol. The van der Waals surface area contributed by atoms with E-state index in [0.717, 1.165) is 5.92 Å². The average molecular weight is 210 g/mol. The van der Waals surface area contributed by atoms with Gasteiger partial charge in [-0.15, -0.1) is 0 Å². The molecule has 1 N–H and O–H groups in total. The van der Waals surface area contributed by atoms with Gasteiger partial charge in [-0.1, -0.05) is 20.8 Å². The number of hydrogen-bond donors (Lipinski definition) is 1. The molecule has 2 aliphatic carbocycles. The molecule has 1 unspecified atom stereocenters. The average Bonchev–Trinajstić information content (AvgIpc) is 2.99. The molecule has 2 rings (SSSR count). The van der Waals surface area contributed by atoms with E-state index >= 15 is 0 Å². The zero-order chi connectivity index (χ0) is 11.1. The monoisotopic (exact) mass is 210 g/mol. The Hall–Kier alpha value is -0.0400. The maximum absolute atomic E-state index is 10.1. The number of hydrogen-bond acceptors (Lipinski definition) is 1. The largest absolute Gasteiger partial charge is 0.393 e. The third-order valence-electron chi connectivity index (χ3n) is 4.58. The highest BCUT2D eigenvalue weighted by Gasteiger charge is 2.38. The van der Waals surface area contributed by atoms with Gasteiger partial charge in [0.2, 0.25) is 0 Å². The van der Waals surface area contributed by atoms with E-state index in [4.69, 9.17) is 0 Å². The summed E-state index contributed by atoms with van der Waals surface area (Å²) in [6.07, 6.45) is 7.78. The van der Waals surface area contributed by atoms with Gasteiger partial charge < -0.3 is 5.11 Å². The summed E-state index contributed by atoms with van der Waals surface area (Å²) in [6.45, 7) is 7.07. The third kappa shape index (κ3) is 2.75. The molecular formula is C14H26O. The molecule has 0 radical (unpaired) electrons. The number of aliphatic hydroxyl groups excluding tert-OH is 1.